The zero-order valence-corrected chi connectivity index (χ0v) is 21.8. The number of hydrogen-bond acceptors (Lipinski definition) is 4. The number of ether oxygens (including phenoxy) is 1. The fourth-order valence-corrected chi connectivity index (χ4v) is 3.74. The Morgan fingerprint density at radius 1 is 1.05 bits per heavy atom. The maximum Gasteiger partial charge on any atom is 0.351 e. The number of aromatic nitrogens is 2. The maximum absolute atomic E-state index is 14.0. The number of unbranched alkanes of at least 4 members (excludes halogenated alkanes) is 1. The summed E-state index contributed by atoms with van der Waals surface area (Å²) in [6, 6.07) is 1.33. The van der Waals surface area contributed by atoms with Gasteiger partial charge in [-0.15, -0.1) is 0 Å². The summed E-state index contributed by atoms with van der Waals surface area (Å²) < 4.78 is 34.0. The van der Waals surface area contributed by atoms with Gasteiger partial charge in [0.15, 0.2) is 0 Å². The van der Waals surface area contributed by atoms with Crippen molar-refractivity contribution in [3.63, 3.8) is 0 Å². The van der Waals surface area contributed by atoms with Crippen LogP contribution in [-0.2, 0) is 9.53 Å². The Kier molecular flexibility index (Phi) is 13.5. The van der Waals surface area contributed by atoms with Gasteiger partial charge in [0.2, 0.25) is 12.1 Å². The quantitative estimate of drug-likeness (QED) is 0.201. The molecule has 1 aliphatic heterocycles. The highest BCUT2D eigenvalue weighted by atomic mass is 19.3. The largest absolute Gasteiger partial charge is 0.351 e. The SMILES string of the molecule is CC/C=C\C/C=C/C/C=C/C/C=C/C/C=C/CCCC(=O)Nc1ccn(C2OC(C)CC2(F)F)c(=O)n1. The number of alkyl halides is 2. The van der Waals surface area contributed by atoms with E-state index >= 15 is 0 Å². The van der Waals surface area contributed by atoms with Crippen LogP contribution in [0, 0.1) is 0 Å². The summed E-state index contributed by atoms with van der Waals surface area (Å²) in [7, 11) is 0. The molecular formula is C29H39F2N3O3. The molecule has 0 aromatic carbocycles. The molecule has 1 fully saturated rings. The Hall–Kier alpha value is -3.13. The first-order chi connectivity index (χ1) is 17.8. The lowest BCUT2D eigenvalue weighted by Crippen LogP contribution is -2.35. The van der Waals surface area contributed by atoms with Gasteiger partial charge in [-0.3, -0.25) is 9.36 Å². The molecule has 1 saturated heterocycles. The van der Waals surface area contributed by atoms with Crippen LogP contribution in [0.3, 0.4) is 0 Å². The van der Waals surface area contributed by atoms with E-state index in [2.05, 4.69) is 71.9 Å². The first-order valence-corrected chi connectivity index (χ1v) is 13.0. The van der Waals surface area contributed by atoms with Crippen LogP contribution in [0.25, 0.3) is 0 Å². The Morgan fingerprint density at radius 3 is 2.14 bits per heavy atom. The van der Waals surface area contributed by atoms with Crippen LogP contribution in [0.1, 0.15) is 77.9 Å². The van der Waals surface area contributed by atoms with Crippen LogP contribution in [-0.4, -0.2) is 27.5 Å². The summed E-state index contributed by atoms with van der Waals surface area (Å²) in [5, 5.41) is 2.54. The Morgan fingerprint density at radius 2 is 1.62 bits per heavy atom. The Labute approximate surface area is 218 Å². The van der Waals surface area contributed by atoms with Gasteiger partial charge >= 0.3 is 5.69 Å². The highest BCUT2D eigenvalue weighted by Gasteiger charge is 2.50. The van der Waals surface area contributed by atoms with Gasteiger partial charge in [-0.05, 0) is 57.9 Å². The lowest BCUT2D eigenvalue weighted by Gasteiger charge is -2.19. The predicted molar refractivity (Wildman–Crippen MR) is 145 cm³/mol. The normalized spacial score (nSPS) is 19.9. The molecule has 0 spiro atoms. The van der Waals surface area contributed by atoms with Gasteiger partial charge in [0.1, 0.15) is 5.82 Å². The lowest BCUT2D eigenvalue weighted by atomic mass is 10.2. The van der Waals surface area contributed by atoms with Crippen molar-refractivity contribution in [2.24, 2.45) is 0 Å². The number of amides is 1. The topological polar surface area (TPSA) is 73.2 Å². The maximum atomic E-state index is 14.0. The second kappa shape index (κ2) is 16.6. The zero-order chi connectivity index (χ0) is 26.9. The van der Waals surface area contributed by atoms with Crippen LogP contribution in [0.4, 0.5) is 14.6 Å². The van der Waals surface area contributed by atoms with Crippen molar-refractivity contribution in [1.82, 2.24) is 9.55 Å². The van der Waals surface area contributed by atoms with E-state index in [0.717, 1.165) is 43.1 Å². The molecule has 0 bridgehead atoms. The van der Waals surface area contributed by atoms with E-state index in [1.807, 2.05) is 6.08 Å². The third-order valence-electron chi connectivity index (χ3n) is 5.56. The number of nitrogens with one attached hydrogen (secondary N) is 1. The highest BCUT2D eigenvalue weighted by molar-refractivity contribution is 5.89. The number of hydrogen-bond donors (Lipinski definition) is 1. The zero-order valence-electron chi connectivity index (χ0n) is 21.8. The molecule has 1 amide bonds. The molecule has 0 radical (unpaired) electrons. The molecule has 1 aliphatic rings. The number of carbonyl (C=O) groups is 1. The summed E-state index contributed by atoms with van der Waals surface area (Å²) in [5.41, 5.74) is -0.893. The second-order valence-corrected chi connectivity index (χ2v) is 8.92. The molecule has 0 aliphatic carbocycles. The van der Waals surface area contributed by atoms with Crippen molar-refractivity contribution in [2.75, 3.05) is 5.32 Å². The molecule has 2 rings (SSSR count). The predicted octanol–water partition coefficient (Wildman–Crippen LogP) is 7.05. The minimum Gasteiger partial charge on any atom is -0.348 e. The molecule has 2 atom stereocenters. The number of rotatable bonds is 15. The third kappa shape index (κ3) is 11.6. The molecule has 37 heavy (non-hydrogen) atoms. The van der Waals surface area contributed by atoms with Gasteiger partial charge in [0, 0.05) is 19.0 Å². The van der Waals surface area contributed by atoms with Gasteiger partial charge in [-0.2, -0.15) is 4.98 Å². The standard InChI is InChI=1S/C29H39F2N3O3/c1-3-4-5-6-7-8-9-10-11-12-13-14-15-16-17-18-19-20-26(35)32-25-21-22-34(28(36)33-25)27-29(30,31)23-24(2)37-27/h4-5,7-8,10-11,13-14,16-17,21-22,24,27H,3,6,9,12,15,18-20,23H2,1-2H3,(H,32,33,35,36)/b5-4-,8-7+,11-10+,14-13+,17-16+. The van der Waals surface area contributed by atoms with E-state index in [0.29, 0.717) is 6.42 Å². The van der Waals surface area contributed by atoms with E-state index < -0.39 is 30.4 Å². The number of nitrogens with zero attached hydrogens (tertiary/aromatic N) is 2. The van der Waals surface area contributed by atoms with Crippen LogP contribution in [0.2, 0.25) is 0 Å². The summed E-state index contributed by atoms with van der Waals surface area (Å²) in [6.07, 6.45) is 26.2. The fraction of sp³-hybridized carbons (Fsp3) is 0.483. The molecule has 2 heterocycles. The fourth-order valence-electron chi connectivity index (χ4n) is 3.74. The van der Waals surface area contributed by atoms with Crippen LogP contribution in [0.5, 0.6) is 0 Å². The summed E-state index contributed by atoms with van der Waals surface area (Å²) >= 11 is 0. The minimum absolute atomic E-state index is 0.0375. The molecule has 1 N–H and O–H groups in total. The average Bonchev–Trinajstić information content (AvgIpc) is 3.12. The Balaban J connectivity index is 1.59. The Bertz CT molecular complexity index is 1040. The van der Waals surface area contributed by atoms with Gasteiger partial charge in [-0.25, -0.2) is 13.6 Å². The van der Waals surface area contributed by atoms with Crippen LogP contribution >= 0.6 is 0 Å². The summed E-state index contributed by atoms with van der Waals surface area (Å²) in [6.45, 7) is 3.66. The van der Waals surface area contributed by atoms with Crippen molar-refractivity contribution in [1.29, 1.82) is 0 Å². The molecule has 0 saturated carbocycles. The molecule has 1 aromatic rings. The lowest BCUT2D eigenvalue weighted by molar-refractivity contribution is -0.116. The number of anilines is 1. The summed E-state index contributed by atoms with van der Waals surface area (Å²) in [5.74, 6) is -3.40. The molecular weight excluding hydrogens is 476 g/mol. The van der Waals surface area contributed by atoms with E-state index in [9.17, 15) is 18.4 Å². The average molecular weight is 516 g/mol. The monoisotopic (exact) mass is 515 g/mol. The molecule has 6 nitrogen and oxygen atoms in total. The van der Waals surface area contributed by atoms with Gasteiger partial charge < -0.3 is 10.1 Å². The van der Waals surface area contributed by atoms with Crippen molar-refractivity contribution in [2.45, 2.75) is 89.9 Å². The number of halogens is 2. The highest BCUT2D eigenvalue weighted by Crippen LogP contribution is 2.41. The second-order valence-electron chi connectivity index (χ2n) is 8.92. The number of allylic oxidation sites excluding steroid dienone is 10. The first kappa shape index (κ1) is 30.1. The van der Waals surface area contributed by atoms with Crippen molar-refractivity contribution in [3.05, 3.63) is 83.5 Å². The van der Waals surface area contributed by atoms with Gasteiger partial charge in [0.05, 0.1) is 6.10 Å². The van der Waals surface area contributed by atoms with Gasteiger partial charge in [-0.1, -0.05) is 67.7 Å². The molecule has 2 unspecified atom stereocenters. The van der Waals surface area contributed by atoms with Crippen LogP contribution < -0.4 is 11.0 Å². The van der Waals surface area contributed by atoms with Gasteiger partial charge in [0.25, 0.3) is 5.92 Å². The van der Waals surface area contributed by atoms with E-state index in [4.69, 9.17) is 4.74 Å². The van der Waals surface area contributed by atoms with Crippen LogP contribution in [0.15, 0.2) is 77.8 Å². The van der Waals surface area contributed by atoms with E-state index in [1.165, 1.54) is 19.2 Å². The number of carbonyl (C=O) groups excluding carboxylic acids is 1. The van der Waals surface area contributed by atoms with E-state index in [1.54, 1.807) is 0 Å². The molecule has 8 heteroatoms. The third-order valence-corrected chi connectivity index (χ3v) is 5.56. The van der Waals surface area contributed by atoms with Crippen molar-refractivity contribution in [3.8, 4) is 0 Å². The molecule has 202 valence electrons. The first-order valence-electron chi connectivity index (χ1n) is 13.0. The smallest absolute Gasteiger partial charge is 0.348 e. The van der Waals surface area contributed by atoms with Crippen molar-refractivity contribution < 1.29 is 18.3 Å². The van der Waals surface area contributed by atoms with E-state index in [-0.39, 0.29) is 18.1 Å². The molecule has 1 aromatic heterocycles. The minimum atomic E-state index is -3.15. The van der Waals surface area contributed by atoms with Crippen molar-refractivity contribution >= 4 is 11.7 Å². The summed E-state index contributed by atoms with van der Waals surface area (Å²) in [4.78, 5) is 28.0.